The van der Waals surface area contributed by atoms with Crippen LogP contribution < -0.4 is 0 Å². The highest BCUT2D eigenvalue weighted by Crippen LogP contribution is 2.23. The summed E-state index contributed by atoms with van der Waals surface area (Å²) in [7, 11) is -4.54. The molecule has 0 aromatic rings. The van der Waals surface area contributed by atoms with Crippen molar-refractivity contribution < 1.29 is 52.4 Å². The molecular formula is C35H68O11S. The molecule has 0 aromatic heterocycles. The summed E-state index contributed by atoms with van der Waals surface area (Å²) >= 11 is 0. The Bertz CT molecular complexity index is 856. The molecule has 280 valence electrons. The summed E-state index contributed by atoms with van der Waals surface area (Å²) in [6.07, 6.45) is 20.6. The summed E-state index contributed by atoms with van der Waals surface area (Å²) in [5.74, 6) is -1.45. The predicted molar refractivity (Wildman–Crippen MR) is 182 cm³/mol. The molecule has 1 saturated heterocycles. The van der Waals surface area contributed by atoms with Crippen LogP contribution in [0.4, 0.5) is 0 Å². The molecule has 11 nitrogen and oxygen atoms in total. The highest BCUT2D eigenvalue weighted by Gasteiger charge is 2.45. The van der Waals surface area contributed by atoms with Crippen LogP contribution in [0.1, 0.15) is 161 Å². The Morgan fingerprint density at radius 1 is 0.638 bits per heavy atom. The number of unbranched alkanes of at least 4 members (excludes halogenated alkanes) is 22. The van der Waals surface area contributed by atoms with E-state index in [2.05, 4.69) is 6.92 Å². The van der Waals surface area contributed by atoms with Gasteiger partial charge >= 0.3 is 5.97 Å². The molecule has 1 aliphatic heterocycles. The lowest BCUT2D eigenvalue weighted by atomic mass is 10.00. The first-order valence-corrected chi connectivity index (χ1v) is 20.3. The van der Waals surface area contributed by atoms with Crippen molar-refractivity contribution in [3.05, 3.63) is 0 Å². The Kier molecular flexibility index (Phi) is 26.2. The van der Waals surface area contributed by atoms with Crippen LogP contribution in [-0.2, 0) is 29.1 Å². The fourth-order valence-electron chi connectivity index (χ4n) is 5.97. The Morgan fingerprint density at radius 2 is 1.04 bits per heavy atom. The molecule has 1 heterocycles. The lowest BCUT2D eigenvalue weighted by molar-refractivity contribution is -0.296. The van der Waals surface area contributed by atoms with Crippen molar-refractivity contribution in [2.24, 2.45) is 0 Å². The van der Waals surface area contributed by atoms with E-state index < -0.39 is 65.3 Å². The Hall–Kier alpha value is -0.860. The number of carbonyl (C=O) groups is 1. The first kappa shape index (κ1) is 44.2. The number of aliphatic hydroxyl groups is 4. The van der Waals surface area contributed by atoms with Crippen LogP contribution in [0.3, 0.4) is 0 Å². The smallest absolute Gasteiger partial charge is 0.305 e. The fourth-order valence-corrected chi connectivity index (χ4v) is 6.66. The number of carbonyl (C=O) groups excluding carboxylic acids is 1. The van der Waals surface area contributed by atoms with Crippen LogP contribution >= 0.6 is 0 Å². The zero-order valence-electron chi connectivity index (χ0n) is 29.1. The molecule has 1 rings (SSSR count). The molecular weight excluding hydrogens is 628 g/mol. The van der Waals surface area contributed by atoms with Gasteiger partial charge in [0.05, 0.1) is 6.61 Å². The quantitative estimate of drug-likeness (QED) is 0.0327. The first-order chi connectivity index (χ1) is 22.5. The van der Waals surface area contributed by atoms with Gasteiger partial charge in [0.25, 0.3) is 10.1 Å². The number of aliphatic hydroxyl groups excluding tert-OH is 4. The van der Waals surface area contributed by atoms with Gasteiger partial charge in [-0.3, -0.25) is 9.35 Å². The fraction of sp³-hybridized carbons (Fsp3) is 0.971. The molecule has 0 saturated carbocycles. The molecule has 12 heteroatoms. The average molecular weight is 697 g/mol. The first-order valence-electron chi connectivity index (χ1n) is 18.6. The average Bonchev–Trinajstić information content (AvgIpc) is 3.03. The maximum atomic E-state index is 12.0. The monoisotopic (exact) mass is 696 g/mol. The molecule has 1 aliphatic rings. The second-order valence-electron chi connectivity index (χ2n) is 13.5. The molecule has 0 bridgehead atoms. The van der Waals surface area contributed by atoms with Gasteiger partial charge < -0.3 is 34.6 Å². The minimum absolute atomic E-state index is 0.249. The van der Waals surface area contributed by atoms with Crippen LogP contribution in [0, 0.1) is 0 Å². The highest BCUT2D eigenvalue weighted by atomic mass is 32.2. The lowest BCUT2D eigenvalue weighted by Crippen LogP contribution is -2.60. The highest BCUT2D eigenvalue weighted by molar-refractivity contribution is 7.85. The van der Waals surface area contributed by atoms with E-state index in [0.717, 1.165) is 19.3 Å². The third-order valence-electron chi connectivity index (χ3n) is 8.92. The van der Waals surface area contributed by atoms with Gasteiger partial charge in [0.15, 0.2) is 6.29 Å². The standard InChI is InChI=1S/C35H68O11S/c1-2-3-4-5-6-7-8-9-10-11-12-13-14-15-16-17-18-19-20-21-22-23-24-25-31(37)44-26-29(36)27-45-35-34(40)33(39)32(38)30(46-35)28-47(41,42)43/h29-30,32-36,38-40H,2-28H2,1H3,(H,41,42,43)/t29?,30-,32-,33+,34-,35?/m1/s1. The number of hydrogen-bond donors (Lipinski definition) is 5. The Balaban J connectivity index is 1.90. The minimum Gasteiger partial charge on any atom is -0.463 e. The third kappa shape index (κ3) is 24.0. The molecule has 0 aliphatic carbocycles. The van der Waals surface area contributed by atoms with Gasteiger partial charge in [0.1, 0.15) is 42.9 Å². The molecule has 6 atom stereocenters. The Labute approximate surface area is 284 Å². The molecule has 5 N–H and O–H groups in total. The van der Waals surface area contributed by atoms with E-state index >= 15 is 0 Å². The number of rotatable bonds is 31. The van der Waals surface area contributed by atoms with Crippen molar-refractivity contribution >= 4 is 16.1 Å². The van der Waals surface area contributed by atoms with Gasteiger partial charge in [0, 0.05) is 6.42 Å². The van der Waals surface area contributed by atoms with Crippen LogP contribution in [0.25, 0.3) is 0 Å². The van der Waals surface area contributed by atoms with E-state index in [1.807, 2.05) is 0 Å². The van der Waals surface area contributed by atoms with E-state index in [-0.39, 0.29) is 13.0 Å². The van der Waals surface area contributed by atoms with Gasteiger partial charge in [-0.05, 0) is 6.42 Å². The van der Waals surface area contributed by atoms with Gasteiger partial charge in [-0.25, -0.2) is 0 Å². The van der Waals surface area contributed by atoms with Crippen molar-refractivity contribution in [3.63, 3.8) is 0 Å². The maximum Gasteiger partial charge on any atom is 0.305 e. The summed E-state index contributed by atoms with van der Waals surface area (Å²) in [6.45, 7) is 1.48. The van der Waals surface area contributed by atoms with E-state index in [1.165, 1.54) is 122 Å². The van der Waals surface area contributed by atoms with Crippen LogP contribution in [-0.4, -0.2) is 95.1 Å². The summed E-state index contributed by atoms with van der Waals surface area (Å²) < 4.78 is 46.6. The summed E-state index contributed by atoms with van der Waals surface area (Å²) in [5, 5.41) is 39.9. The summed E-state index contributed by atoms with van der Waals surface area (Å²) in [6, 6.07) is 0. The van der Waals surface area contributed by atoms with Gasteiger partial charge in [-0.15, -0.1) is 0 Å². The maximum absolute atomic E-state index is 12.0. The SMILES string of the molecule is CCCCCCCCCCCCCCCCCCCCCCCCCC(=O)OCC(O)COC1O[C@H](CS(=O)(=O)O)[C@@H](O)[C@H](O)[C@H]1O. The molecule has 0 amide bonds. The third-order valence-corrected chi connectivity index (χ3v) is 9.67. The predicted octanol–water partition coefficient (Wildman–Crippen LogP) is 5.98. The van der Waals surface area contributed by atoms with E-state index in [4.69, 9.17) is 18.8 Å². The van der Waals surface area contributed by atoms with E-state index in [0.29, 0.717) is 6.42 Å². The number of ether oxygens (including phenoxy) is 3. The molecule has 1 fully saturated rings. The van der Waals surface area contributed by atoms with Crippen LogP contribution in [0.2, 0.25) is 0 Å². The minimum atomic E-state index is -4.54. The van der Waals surface area contributed by atoms with Crippen LogP contribution in [0.15, 0.2) is 0 Å². The topological polar surface area (TPSA) is 180 Å². The van der Waals surface area contributed by atoms with Gasteiger partial charge in [-0.1, -0.05) is 148 Å². The van der Waals surface area contributed by atoms with E-state index in [1.54, 1.807) is 0 Å². The molecule has 0 spiro atoms. The van der Waals surface area contributed by atoms with Gasteiger partial charge in [-0.2, -0.15) is 8.42 Å². The van der Waals surface area contributed by atoms with Crippen molar-refractivity contribution in [1.82, 2.24) is 0 Å². The van der Waals surface area contributed by atoms with Crippen molar-refractivity contribution in [3.8, 4) is 0 Å². The molecule has 47 heavy (non-hydrogen) atoms. The van der Waals surface area contributed by atoms with Crippen molar-refractivity contribution in [2.45, 2.75) is 198 Å². The molecule has 0 radical (unpaired) electrons. The summed E-state index contributed by atoms with van der Waals surface area (Å²) in [5.41, 5.74) is 0. The van der Waals surface area contributed by atoms with Gasteiger partial charge in [0.2, 0.25) is 0 Å². The largest absolute Gasteiger partial charge is 0.463 e. The zero-order chi connectivity index (χ0) is 34.8. The lowest BCUT2D eigenvalue weighted by Gasteiger charge is -2.40. The van der Waals surface area contributed by atoms with Crippen molar-refractivity contribution in [2.75, 3.05) is 19.0 Å². The molecule has 2 unspecified atom stereocenters. The number of esters is 1. The molecule has 0 aromatic carbocycles. The summed E-state index contributed by atoms with van der Waals surface area (Å²) in [4.78, 5) is 12.0. The van der Waals surface area contributed by atoms with Crippen molar-refractivity contribution in [1.29, 1.82) is 0 Å². The van der Waals surface area contributed by atoms with Crippen LogP contribution in [0.5, 0.6) is 0 Å². The van der Waals surface area contributed by atoms with E-state index in [9.17, 15) is 33.6 Å². The Morgan fingerprint density at radius 3 is 1.45 bits per heavy atom. The number of hydrogen-bond acceptors (Lipinski definition) is 10. The zero-order valence-corrected chi connectivity index (χ0v) is 30.0. The normalized spacial score (nSPS) is 22.4. The second kappa shape index (κ2) is 27.9. The second-order valence-corrected chi connectivity index (χ2v) is 15.0.